The Bertz CT molecular complexity index is 306. The van der Waals surface area contributed by atoms with Crippen LogP contribution in [0, 0.1) is 23.7 Å². The van der Waals surface area contributed by atoms with Crippen LogP contribution in [0.1, 0.15) is 46.0 Å². The smallest absolute Gasteiger partial charge is 0.136 e. The Kier molecular flexibility index (Phi) is 2.39. The van der Waals surface area contributed by atoms with Crippen LogP contribution in [0.4, 0.5) is 0 Å². The van der Waals surface area contributed by atoms with Crippen LogP contribution in [-0.4, -0.2) is 18.0 Å². The zero-order valence-electron chi connectivity index (χ0n) is 10.4. The van der Waals surface area contributed by atoms with Crippen molar-refractivity contribution < 1.29 is 9.53 Å². The number of carbonyl (C=O) groups excluding carboxylic acids is 1. The van der Waals surface area contributed by atoms with Gasteiger partial charge in [0.2, 0.25) is 0 Å². The highest BCUT2D eigenvalue weighted by Gasteiger charge is 2.55. The predicted octanol–water partition coefficient (Wildman–Crippen LogP) is 2.81. The SMILES string of the molecule is C[C@@H]1CC[C@H]2C(=O)CCC[C@@H]([C@@]3(C)CO3)[C@H]12. The minimum Gasteiger partial charge on any atom is -0.370 e. The highest BCUT2D eigenvalue weighted by molar-refractivity contribution is 5.82. The summed E-state index contributed by atoms with van der Waals surface area (Å²) in [6, 6.07) is 0. The lowest BCUT2D eigenvalue weighted by atomic mass is 9.72. The van der Waals surface area contributed by atoms with Crippen LogP contribution in [0.25, 0.3) is 0 Å². The Morgan fingerprint density at radius 3 is 2.75 bits per heavy atom. The van der Waals surface area contributed by atoms with E-state index in [1.54, 1.807) is 0 Å². The van der Waals surface area contributed by atoms with Crippen molar-refractivity contribution in [1.29, 1.82) is 0 Å². The van der Waals surface area contributed by atoms with E-state index in [0.29, 0.717) is 23.5 Å². The molecule has 1 saturated heterocycles. The Morgan fingerprint density at radius 1 is 1.31 bits per heavy atom. The van der Waals surface area contributed by atoms with Crippen molar-refractivity contribution in [3.8, 4) is 0 Å². The molecule has 0 spiro atoms. The largest absolute Gasteiger partial charge is 0.370 e. The maximum absolute atomic E-state index is 12.1. The number of ketones is 1. The first-order chi connectivity index (χ1) is 7.62. The number of hydrogen-bond acceptors (Lipinski definition) is 2. The number of fused-ring (bicyclic) bond motifs is 1. The Labute approximate surface area is 97.7 Å². The lowest BCUT2D eigenvalue weighted by molar-refractivity contribution is -0.124. The molecule has 1 aliphatic heterocycles. The molecule has 0 aromatic heterocycles. The summed E-state index contributed by atoms with van der Waals surface area (Å²) >= 11 is 0. The second-order valence-corrected chi connectivity index (χ2v) is 6.30. The van der Waals surface area contributed by atoms with E-state index in [9.17, 15) is 4.79 Å². The van der Waals surface area contributed by atoms with E-state index < -0.39 is 0 Å². The summed E-state index contributed by atoms with van der Waals surface area (Å²) in [6.45, 7) is 5.50. The standard InChI is InChI=1S/C14H22O2/c1-9-6-7-10-12(15)5-3-4-11(13(9)10)14(2)8-16-14/h9-11,13H,3-8H2,1-2H3/t9-,10+,11-,13-,14-/m1/s1. The Hall–Kier alpha value is -0.370. The molecule has 2 heteroatoms. The van der Waals surface area contributed by atoms with E-state index in [-0.39, 0.29) is 5.60 Å². The summed E-state index contributed by atoms with van der Waals surface area (Å²) in [4.78, 5) is 12.1. The van der Waals surface area contributed by atoms with Gasteiger partial charge in [0.15, 0.2) is 0 Å². The molecule has 2 saturated carbocycles. The third kappa shape index (κ3) is 1.54. The average Bonchev–Trinajstić information content (AvgIpc) is 2.91. The van der Waals surface area contributed by atoms with E-state index in [1.807, 2.05) is 0 Å². The molecule has 3 fully saturated rings. The fourth-order valence-electron chi connectivity index (χ4n) is 4.19. The Balaban J connectivity index is 1.89. The van der Waals surface area contributed by atoms with Crippen molar-refractivity contribution in [3.63, 3.8) is 0 Å². The van der Waals surface area contributed by atoms with Crippen LogP contribution >= 0.6 is 0 Å². The monoisotopic (exact) mass is 222 g/mol. The Morgan fingerprint density at radius 2 is 2.06 bits per heavy atom. The molecule has 1 heterocycles. The first kappa shape index (κ1) is 10.8. The van der Waals surface area contributed by atoms with Gasteiger partial charge in [0.05, 0.1) is 12.2 Å². The molecule has 90 valence electrons. The predicted molar refractivity (Wildman–Crippen MR) is 62.1 cm³/mol. The minimum atomic E-state index is 0.117. The van der Waals surface area contributed by atoms with Crippen LogP contribution in [0.3, 0.4) is 0 Å². The van der Waals surface area contributed by atoms with E-state index >= 15 is 0 Å². The van der Waals surface area contributed by atoms with Crippen molar-refractivity contribution in [1.82, 2.24) is 0 Å². The van der Waals surface area contributed by atoms with E-state index in [1.165, 1.54) is 12.8 Å². The van der Waals surface area contributed by atoms with Gasteiger partial charge in [-0.3, -0.25) is 4.79 Å². The molecule has 0 amide bonds. The number of hydrogen-bond donors (Lipinski definition) is 0. The fraction of sp³-hybridized carbons (Fsp3) is 0.929. The summed E-state index contributed by atoms with van der Waals surface area (Å²) in [5, 5.41) is 0. The van der Waals surface area contributed by atoms with Crippen LogP contribution < -0.4 is 0 Å². The number of carbonyl (C=O) groups is 1. The number of epoxide rings is 1. The van der Waals surface area contributed by atoms with Crippen LogP contribution in [0.5, 0.6) is 0 Å². The van der Waals surface area contributed by atoms with Gasteiger partial charge in [0.1, 0.15) is 5.78 Å². The third-order valence-electron chi connectivity index (χ3n) is 5.26. The van der Waals surface area contributed by atoms with Gasteiger partial charge < -0.3 is 4.74 Å². The molecule has 3 aliphatic rings. The zero-order chi connectivity index (χ0) is 11.3. The fourth-order valence-corrected chi connectivity index (χ4v) is 4.19. The quantitative estimate of drug-likeness (QED) is 0.638. The van der Waals surface area contributed by atoms with Gasteiger partial charge in [-0.25, -0.2) is 0 Å². The van der Waals surface area contributed by atoms with Gasteiger partial charge in [-0.05, 0) is 50.4 Å². The number of Topliss-reactive ketones (excluding diaryl/α,β-unsaturated/α-hetero) is 1. The molecule has 5 atom stereocenters. The van der Waals surface area contributed by atoms with Crippen molar-refractivity contribution >= 4 is 5.78 Å². The van der Waals surface area contributed by atoms with Crippen LogP contribution in [0.2, 0.25) is 0 Å². The van der Waals surface area contributed by atoms with Gasteiger partial charge in [-0.1, -0.05) is 6.92 Å². The summed E-state index contributed by atoms with van der Waals surface area (Å²) in [5.41, 5.74) is 0.117. The highest BCUT2D eigenvalue weighted by atomic mass is 16.6. The van der Waals surface area contributed by atoms with Crippen LogP contribution in [0.15, 0.2) is 0 Å². The molecule has 3 rings (SSSR count). The normalized spacial score (nSPS) is 52.2. The molecule has 0 aromatic carbocycles. The molecular weight excluding hydrogens is 200 g/mol. The average molecular weight is 222 g/mol. The highest BCUT2D eigenvalue weighted by Crippen LogP contribution is 2.53. The molecule has 0 aromatic rings. The van der Waals surface area contributed by atoms with Gasteiger partial charge in [-0.2, -0.15) is 0 Å². The van der Waals surface area contributed by atoms with Crippen molar-refractivity contribution in [3.05, 3.63) is 0 Å². The lowest BCUT2D eigenvalue weighted by Gasteiger charge is -2.31. The van der Waals surface area contributed by atoms with Gasteiger partial charge >= 0.3 is 0 Å². The second-order valence-electron chi connectivity index (χ2n) is 6.30. The van der Waals surface area contributed by atoms with Crippen molar-refractivity contribution in [2.24, 2.45) is 23.7 Å². The molecule has 16 heavy (non-hydrogen) atoms. The summed E-state index contributed by atoms with van der Waals surface area (Å²) < 4.78 is 5.67. The van der Waals surface area contributed by atoms with Crippen molar-refractivity contribution in [2.75, 3.05) is 6.61 Å². The van der Waals surface area contributed by atoms with Gasteiger partial charge in [-0.15, -0.1) is 0 Å². The first-order valence-electron chi connectivity index (χ1n) is 6.78. The summed E-state index contributed by atoms with van der Waals surface area (Å²) in [6.07, 6.45) is 5.49. The maximum atomic E-state index is 12.1. The van der Waals surface area contributed by atoms with Gasteiger partial charge in [0, 0.05) is 12.3 Å². The maximum Gasteiger partial charge on any atom is 0.136 e. The molecule has 2 aliphatic carbocycles. The van der Waals surface area contributed by atoms with E-state index in [2.05, 4.69) is 13.8 Å². The van der Waals surface area contributed by atoms with Gasteiger partial charge in [0.25, 0.3) is 0 Å². The molecule has 0 unspecified atom stereocenters. The topological polar surface area (TPSA) is 29.6 Å². The van der Waals surface area contributed by atoms with E-state index in [0.717, 1.165) is 31.8 Å². The van der Waals surface area contributed by atoms with E-state index in [4.69, 9.17) is 4.74 Å². The second kappa shape index (κ2) is 3.56. The number of rotatable bonds is 1. The third-order valence-corrected chi connectivity index (χ3v) is 5.26. The number of ether oxygens (including phenoxy) is 1. The molecular formula is C14H22O2. The molecule has 0 N–H and O–H groups in total. The molecule has 0 radical (unpaired) electrons. The summed E-state index contributed by atoms with van der Waals surface area (Å²) in [5.74, 6) is 2.88. The lowest BCUT2D eigenvalue weighted by Crippen LogP contribution is -2.34. The summed E-state index contributed by atoms with van der Waals surface area (Å²) in [7, 11) is 0. The first-order valence-corrected chi connectivity index (χ1v) is 6.78. The molecule has 0 bridgehead atoms. The minimum absolute atomic E-state index is 0.117. The van der Waals surface area contributed by atoms with Crippen molar-refractivity contribution in [2.45, 2.75) is 51.6 Å². The molecule has 2 nitrogen and oxygen atoms in total. The zero-order valence-corrected chi connectivity index (χ0v) is 10.4. The van der Waals surface area contributed by atoms with Crippen LogP contribution in [-0.2, 0) is 9.53 Å².